The lowest BCUT2D eigenvalue weighted by molar-refractivity contribution is -0.317. The monoisotopic (exact) mass is 347 g/mol. The standard InChI is InChI=1S/C15H20F3N3O3/c1-3-21(4-2)10-9-19-13(22)20-15(14(16,17)18)23-11-7-5-6-8-12(11)24-15/h5-8H,3-4,9-10H2,1-2H3,(H2,19,20,22). The lowest BCUT2D eigenvalue weighted by atomic mass is 10.3. The zero-order valence-corrected chi connectivity index (χ0v) is 13.4. The van der Waals surface area contributed by atoms with E-state index >= 15 is 0 Å². The topological polar surface area (TPSA) is 62.8 Å². The number of amides is 2. The van der Waals surface area contributed by atoms with Crippen molar-refractivity contribution in [3.63, 3.8) is 0 Å². The molecule has 6 nitrogen and oxygen atoms in total. The van der Waals surface area contributed by atoms with Crippen LogP contribution in [0.2, 0.25) is 0 Å². The summed E-state index contributed by atoms with van der Waals surface area (Å²) in [5.41, 5.74) is 0. The van der Waals surface area contributed by atoms with Crippen LogP contribution >= 0.6 is 0 Å². The zero-order valence-electron chi connectivity index (χ0n) is 13.4. The van der Waals surface area contributed by atoms with Gasteiger partial charge in [0.2, 0.25) is 0 Å². The molecule has 0 saturated heterocycles. The van der Waals surface area contributed by atoms with Gasteiger partial charge >= 0.3 is 18.1 Å². The highest BCUT2D eigenvalue weighted by atomic mass is 19.4. The average molecular weight is 347 g/mol. The summed E-state index contributed by atoms with van der Waals surface area (Å²) in [6.07, 6.45) is -4.96. The van der Waals surface area contributed by atoms with Crippen LogP contribution in [0, 0.1) is 0 Å². The minimum Gasteiger partial charge on any atom is -0.424 e. The van der Waals surface area contributed by atoms with Crippen LogP contribution in [-0.2, 0) is 0 Å². The first-order valence-corrected chi connectivity index (χ1v) is 7.63. The summed E-state index contributed by atoms with van der Waals surface area (Å²) in [5, 5.41) is 4.13. The molecule has 2 N–H and O–H groups in total. The molecule has 1 aliphatic heterocycles. The molecule has 24 heavy (non-hydrogen) atoms. The van der Waals surface area contributed by atoms with E-state index in [0.717, 1.165) is 13.1 Å². The third-order valence-corrected chi connectivity index (χ3v) is 3.62. The Hall–Kier alpha value is -2.16. The number of para-hydroxylation sites is 2. The molecule has 0 unspecified atom stereocenters. The third-order valence-electron chi connectivity index (χ3n) is 3.62. The molecule has 134 valence electrons. The minimum absolute atomic E-state index is 0.0849. The van der Waals surface area contributed by atoms with Crippen molar-refractivity contribution in [3.05, 3.63) is 24.3 Å². The third kappa shape index (κ3) is 3.84. The summed E-state index contributed by atoms with van der Waals surface area (Å²) in [6.45, 7) is 6.22. The van der Waals surface area contributed by atoms with Crippen LogP contribution in [0.25, 0.3) is 0 Å². The first-order valence-electron chi connectivity index (χ1n) is 7.63. The fourth-order valence-electron chi connectivity index (χ4n) is 2.25. The maximum Gasteiger partial charge on any atom is 0.492 e. The van der Waals surface area contributed by atoms with Gasteiger partial charge in [-0.05, 0) is 25.2 Å². The van der Waals surface area contributed by atoms with Crippen LogP contribution in [0.4, 0.5) is 18.0 Å². The number of halogens is 3. The second kappa shape index (κ2) is 7.16. The number of likely N-dealkylation sites (N-methyl/N-ethyl adjacent to an activating group) is 1. The molecule has 0 aliphatic carbocycles. The molecule has 1 heterocycles. The van der Waals surface area contributed by atoms with E-state index < -0.39 is 18.1 Å². The van der Waals surface area contributed by atoms with E-state index in [1.54, 1.807) is 5.32 Å². The fourth-order valence-corrected chi connectivity index (χ4v) is 2.25. The van der Waals surface area contributed by atoms with E-state index in [-0.39, 0.29) is 18.0 Å². The molecule has 1 aromatic rings. The van der Waals surface area contributed by atoms with Crippen LogP contribution in [0.15, 0.2) is 24.3 Å². The smallest absolute Gasteiger partial charge is 0.424 e. The second-order valence-corrected chi connectivity index (χ2v) is 5.17. The predicted octanol–water partition coefficient (Wildman–Crippen LogP) is 2.31. The van der Waals surface area contributed by atoms with Gasteiger partial charge in [0.05, 0.1) is 0 Å². The van der Waals surface area contributed by atoms with Crippen LogP contribution in [0.5, 0.6) is 11.5 Å². The number of nitrogens with one attached hydrogen (secondary N) is 2. The summed E-state index contributed by atoms with van der Waals surface area (Å²) >= 11 is 0. The first-order chi connectivity index (χ1) is 11.3. The highest BCUT2D eigenvalue weighted by Gasteiger charge is 2.65. The molecule has 0 atom stereocenters. The predicted molar refractivity (Wildman–Crippen MR) is 80.8 cm³/mol. The zero-order chi connectivity index (χ0) is 17.8. The van der Waals surface area contributed by atoms with Gasteiger partial charge in [-0.2, -0.15) is 13.2 Å². The Morgan fingerprint density at radius 3 is 2.17 bits per heavy atom. The Morgan fingerprint density at radius 2 is 1.71 bits per heavy atom. The van der Waals surface area contributed by atoms with Gasteiger partial charge in [0, 0.05) is 13.1 Å². The maximum atomic E-state index is 13.4. The number of rotatable bonds is 6. The fraction of sp³-hybridized carbons (Fsp3) is 0.533. The van der Waals surface area contributed by atoms with Crippen molar-refractivity contribution in [2.24, 2.45) is 0 Å². The maximum absolute atomic E-state index is 13.4. The molecule has 9 heteroatoms. The number of nitrogens with zero attached hydrogens (tertiary/aromatic N) is 1. The summed E-state index contributed by atoms with van der Waals surface area (Å²) in [7, 11) is 0. The van der Waals surface area contributed by atoms with Crippen LogP contribution in [0.1, 0.15) is 13.8 Å². The van der Waals surface area contributed by atoms with Gasteiger partial charge in [-0.1, -0.05) is 26.0 Å². The van der Waals surface area contributed by atoms with Crippen LogP contribution in [-0.4, -0.2) is 49.2 Å². The molecular formula is C15H20F3N3O3. The van der Waals surface area contributed by atoms with Gasteiger partial charge in [-0.15, -0.1) is 0 Å². The van der Waals surface area contributed by atoms with Gasteiger partial charge in [-0.3, -0.25) is 5.32 Å². The van der Waals surface area contributed by atoms with Crippen molar-refractivity contribution in [2.45, 2.75) is 25.9 Å². The molecule has 0 radical (unpaired) electrons. The molecule has 0 spiro atoms. The largest absolute Gasteiger partial charge is 0.492 e. The number of urea groups is 1. The molecule has 0 fully saturated rings. The molecular weight excluding hydrogens is 327 g/mol. The number of benzene rings is 1. The van der Waals surface area contributed by atoms with Crippen molar-refractivity contribution in [1.29, 1.82) is 0 Å². The lowest BCUT2D eigenvalue weighted by Gasteiger charge is -2.29. The van der Waals surface area contributed by atoms with E-state index in [0.29, 0.717) is 6.54 Å². The van der Waals surface area contributed by atoms with Crippen molar-refractivity contribution >= 4 is 6.03 Å². The highest BCUT2D eigenvalue weighted by Crippen LogP contribution is 2.44. The van der Waals surface area contributed by atoms with E-state index in [1.165, 1.54) is 24.3 Å². The van der Waals surface area contributed by atoms with Gasteiger partial charge in [0.25, 0.3) is 0 Å². The van der Waals surface area contributed by atoms with E-state index in [9.17, 15) is 18.0 Å². The van der Waals surface area contributed by atoms with Crippen LogP contribution in [0.3, 0.4) is 0 Å². The Bertz CT molecular complexity index is 552. The quantitative estimate of drug-likeness (QED) is 0.829. The number of fused-ring (bicyclic) bond motifs is 1. The molecule has 0 aromatic heterocycles. The van der Waals surface area contributed by atoms with Gasteiger partial charge in [0.1, 0.15) is 0 Å². The molecule has 1 aliphatic rings. The van der Waals surface area contributed by atoms with E-state index in [4.69, 9.17) is 9.47 Å². The first kappa shape index (κ1) is 18.2. The van der Waals surface area contributed by atoms with Crippen molar-refractivity contribution in [2.75, 3.05) is 26.2 Å². The Balaban J connectivity index is 2.00. The Morgan fingerprint density at radius 1 is 1.17 bits per heavy atom. The van der Waals surface area contributed by atoms with Crippen molar-refractivity contribution in [3.8, 4) is 11.5 Å². The number of hydrogen-bond donors (Lipinski definition) is 2. The van der Waals surface area contributed by atoms with Gasteiger partial charge in [-0.25, -0.2) is 4.79 Å². The highest BCUT2D eigenvalue weighted by molar-refractivity contribution is 5.74. The number of ether oxygens (including phenoxy) is 2. The van der Waals surface area contributed by atoms with Gasteiger partial charge < -0.3 is 19.7 Å². The van der Waals surface area contributed by atoms with E-state index in [2.05, 4.69) is 5.32 Å². The summed E-state index contributed by atoms with van der Waals surface area (Å²) < 4.78 is 49.9. The molecule has 2 rings (SSSR count). The second-order valence-electron chi connectivity index (χ2n) is 5.17. The summed E-state index contributed by atoms with van der Waals surface area (Å²) in [5.74, 6) is -3.40. The van der Waals surface area contributed by atoms with E-state index in [1.807, 2.05) is 18.7 Å². The van der Waals surface area contributed by atoms with Crippen LogP contribution < -0.4 is 20.1 Å². The number of carbonyl (C=O) groups excluding carboxylic acids is 1. The Kier molecular flexibility index (Phi) is 5.43. The lowest BCUT2D eigenvalue weighted by Crippen LogP contribution is -2.66. The number of carbonyl (C=O) groups is 1. The molecule has 0 bridgehead atoms. The number of alkyl halides is 3. The van der Waals surface area contributed by atoms with Crippen molar-refractivity contribution in [1.82, 2.24) is 15.5 Å². The Labute approximate surface area is 137 Å². The minimum atomic E-state index is -4.96. The summed E-state index contributed by atoms with van der Waals surface area (Å²) in [6, 6.07) is 4.68. The molecule has 1 aromatic carbocycles. The molecule has 2 amide bonds. The van der Waals surface area contributed by atoms with Gasteiger partial charge in [0.15, 0.2) is 11.5 Å². The normalized spacial score (nSPS) is 15.4. The van der Waals surface area contributed by atoms with Crippen molar-refractivity contribution < 1.29 is 27.4 Å². The SMILES string of the molecule is CCN(CC)CCNC(=O)NC1(C(F)(F)F)Oc2ccccc2O1. The number of hydrogen-bond acceptors (Lipinski definition) is 4. The summed E-state index contributed by atoms with van der Waals surface area (Å²) in [4.78, 5) is 13.9. The molecule has 0 saturated carbocycles. The average Bonchev–Trinajstić information content (AvgIpc) is 2.90.